The summed E-state index contributed by atoms with van der Waals surface area (Å²) in [6.45, 7) is 9.53. The van der Waals surface area contributed by atoms with Crippen LogP contribution in [0.3, 0.4) is 0 Å². The molecule has 1 fully saturated rings. The Morgan fingerprint density at radius 3 is 2.64 bits per heavy atom. The molecule has 6 nitrogen and oxygen atoms in total. The summed E-state index contributed by atoms with van der Waals surface area (Å²) in [7, 11) is 0. The molecule has 0 aromatic carbocycles. The number of hydrogen-bond donors (Lipinski definition) is 1. The monoisotopic (exact) mass is 306 g/mol. The third-order valence-corrected chi connectivity index (χ3v) is 3.94. The largest absolute Gasteiger partial charge is 0.336 e. The van der Waals surface area contributed by atoms with Crippen molar-refractivity contribution in [1.29, 1.82) is 0 Å². The lowest BCUT2D eigenvalue weighted by molar-refractivity contribution is 0.0732. The molecule has 1 aromatic heterocycles. The van der Waals surface area contributed by atoms with E-state index in [1.165, 1.54) is 4.68 Å². The van der Waals surface area contributed by atoms with Crippen molar-refractivity contribution in [3.05, 3.63) is 27.7 Å². The number of carbonyl (C=O) groups is 1. The van der Waals surface area contributed by atoms with Crippen LogP contribution in [0.4, 0.5) is 0 Å². The van der Waals surface area contributed by atoms with Gasteiger partial charge >= 0.3 is 0 Å². The van der Waals surface area contributed by atoms with E-state index in [1.807, 2.05) is 13.8 Å². The first-order valence-electron chi connectivity index (χ1n) is 8.16. The molecular weight excluding hydrogens is 280 g/mol. The summed E-state index contributed by atoms with van der Waals surface area (Å²) in [5, 5.41) is 7.63. The minimum atomic E-state index is -0.263. The topological polar surface area (TPSA) is 67.2 Å². The van der Waals surface area contributed by atoms with E-state index in [-0.39, 0.29) is 22.9 Å². The highest BCUT2D eigenvalue weighted by Crippen LogP contribution is 2.12. The van der Waals surface area contributed by atoms with Crippen LogP contribution in [0, 0.1) is 0 Å². The maximum absolute atomic E-state index is 12.7. The van der Waals surface area contributed by atoms with E-state index >= 15 is 0 Å². The summed E-state index contributed by atoms with van der Waals surface area (Å²) >= 11 is 0. The number of rotatable bonds is 5. The Morgan fingerprint density at radius 1 is 1.36 bits per heavy atom. The number of aromatic nitrogens is 2. The van der Waals surface area contributed by atoms with Crippen LogP contribution < -0.4 is 10.9 Å². The molecule has 0 saturated carbocycles. The SMILES string of the molecule is CCCCn1nc(C(C)C)cc(C(=O)N2CCNCC2)c1=O. The predicted molar refractivity (Wildman–Crippen MR) is 86.3 cm³/mol. The molecule has 1 saturated heterocycles. The molecule has 22 heavy (non-hydrogen) atoms. The van der Waals surface area contributed by atoms with Crippen LogP contribution in [-0.4, -0.2) is 46.8 Å². The molecule has 0 spiro atoms. The molecule has 1 amide bonds. The van der Waals surface area contributed by atoms with Gasteiger partial charge in [0.25, 0.3) is 11.5 Å². The average molecular weight is 306 g/mol. The van der Waals surface area contributed by atoms with Crippen LogP contribution in [0.2, 0.25) is 0 Å². The first kappa shape index (κ1) is 16.7. The summed E-state index contributed by atoms with van der Waals surface area (Å²) in [4.78, 5) is 27.0. The van der Waals surface area contributed by atoms with Gasteiger partial charge in [-0.2, -0.15) is 5.10 Å². The molecular formula is C16H26N4O2. The highest BCUT2D eigenvalue weighted by Gasteiger charge is 2.23. The summed E-state index contributed by atoms with van der Waals surface area (Å²) in [6, 6.07) is 1.68. The van der Waals surface area contributed by atoms with Crippen LogP contribution in [0.25, 0.3) is 0 Å². The van der Waals surface area contributed by atoms with Gasteiger partial charge in [-0.3, -0.25) is 9.59 Å². The summed E-state index contributed by atoms with van der Waals surface area (Å²) in [5.41, 5.74) is 0.798. The smallest absolute Gasteiger partial charge is 0.279 e. The number of amides is 1. The molecule has 2 rings (SSSR count). The van der Waals surface area contributed by atoms with E-state index in [2.05, 4.69) is 17.3 Å². The second-order valence-corrected chi connectivity index (χ2v) is 6.06. The number of piperazine rings is 1. The van der Waals surface area contributed by atoms with Crippen molar-refractivity contribution in [2.45, 2.75) is 46.1 Å². The summed E-state index contributed by atoms with van der Waals surface area (Å²) < 4.78 is 1.47. The molecule has 1 aromatic rings. The van der Waals surface area contributed by atoms with Gasteiger partial charge in [0.2, 0.25) is 0 Å². The van der Waals surface area contributed by atoms with Gasteiger partial charge in [-0.25, -0.2) is 4.68 Å². The van der Waals surface area contributed by atoms with Crippen LogP contribution in [0.5, 0.6) is 0 Å². The minimum Gasteiger partial charge on any atom is -0.336 e. The Hall–Kier alpha value is -1.69. The molecule has 122 valence electrons. The van der Waals surface area contributed by atoms with Crippen molar-refractivity contribution in [3.8, 4) is 0 Å². The van der Waals surface area contributed by atoms with Crippen LogP contribution in [-0.2, 0) is 6.54 Å². The lowest BCUT2D eigenvalue weighted by Crippen LogP contribution is -2.48. The Labute approximate surface area is 131 Å². The van der Waals surface area contributed by atoms with Crippen LogP contribution in [0.1, 0.15) is 55.6 Å². The van der Waals surface area contributed by atoms with Crippen molar-refractivity contribution in [2.24, 2.45) is 0 Å². The van der Waals surface area contributed by atoms with Crippen LogP contribution >= 0.6 is 0 Å². The highest BCUT2D eigenvalue weighted by atomic mass is 16.2. The van der Waals surface area contributed by atoms with Gasteiger partial charge in [-0.05, 0) is 18.4 Å². The lowest BCUT2D eigenvalue weighted by atomic mass is 10.1. The highest BCUT2D eigenvalue weighted by molar-refractivity contribution is 5.94. The Kier molecular flexibility index (Phi) is 5.71. The van der Waals surface area contributed by atoms with Crippen molar-refractivity contribution in [2.75, 3.05) is 26.2 Å². The number of unbranched alkanes of at least 4 members (excludes halogenated alkanes) is 1. The van der Waals surface area contributed by atoms with Gasteiger partial charge in [0.05, 0.1) is 5.69 Å². The van der Waals surface area contributed by atoms with Crippen molar-refractivity contribution in [3.63, 3.8) is 0 Å². The van der Waals surface area contributed by atoms with E-state index in [0.29, 0.717) is 19.6 Å². The fourth-order valence-corrected chi connectivity index (χ4v) is 2.50. The molecule has 1 aliphatic heterocycles. The second kappa shape index (κ2) is 7.54. The lowest BCUT2D eigenvalue weighted by Gasteiger charge is -2.27. The number of nitrogens with one attached hydrogen (secondary N) is 1. The molecule has 1 aliphatic rings. The summed E-state index contributed by atoms with van der Waals surface area (Å²) in [6.07, 6.45) is 1.87. The first-order chi connectivity index (χ1) is 10.5. The first-order valence-corrected chi connectivity index (χ1v) is 8.16. The quantitative estimate of drug-likeness (QED) is 0.888. The van der Waals surface area contributed by atoms with Crippen LogP contribution in [0.15, 0.2) is 10.9 Å². The number of nitrogens with zero attached hydrogens (tertiary/aromatic N) is 3. The molecule has 0 bridgehead atoms. The molecule has 0 radical (unpaired) electrons. The zero-order chi connectivity index (χ0) is 16.1. The van der Waals surface area contributed by atoms with Crippen molar-refractivity contribution >= 4 is 5.91 Å². The molecule has 6 heteroatoms. The van der Waals surface area contributed by atoms with Gasteiger partial charge in [-0.15, -0.1) is 0 Å². The minimum absolute atomic E-state index is 0.166. The maximum Gasteiger partial charge on any atom is 0.279 e. The normalized spacial score (nSPS) is 15.4. The number of aryl methyl sites for hydroxylation is 1. The molecule has 0 unspecified atom stereocenters. The van der Waals surface area contributed by atoms with E-state index in [9.17, 15) is 9.59 Å². The third-order valence-electron chi connectivity index (χ3n) is 3.94. The Bertz CT molecular complexity index is 574. The maximum atomic E-state index is 12.7. The fraction of sp³-hybridized carbons (Fsp3) is 0.688. The molecule has 2 heterocycles. The standard InChI is InChI=1S/C16H26N4O2/c1-4-5-8-20-16(22)13(11-14(18-20)12(2)3)15(21)19-9-6-17-7-10-19/h11-12,17H,4-10H2,1-3H3. The summed E-state index contributed by atoms with van der Waals surface area (Å²) in [5.74, 6) is 0.0177. The average Bonchev–Trinajstić information content (AvgIpc) is 2.54. The predicted octanol–water partition coefficient (Wildman–Crippen LogP) is 1.21. The third kappa shape index (κ3) is 3.74. The van der Waals surface area contributed by atoms with Gasteiger partial charge in [-0.1, -0.05) is 27.2 Å². The van der Waals surface area contributed by atoms with Gasteiger partial charge in [0.15, 0.2) is 0 Å². The van der Waals surface area contributed by atoms with Gasteiger partial charge in [0, 0.05) is 32.7 Å². The zero-order valence-corrected chi connectivity index (χ0v) is 13.8. The van der Waals surface area contributed by atoms with Gasteiger partial charge < -0.3 is 10.2 Å². The van der Waals surface area contributed by atoms with E-state index < -0.39 is 0 Å². The van der Waals surface area contributed by atoms with E-state index in [1.54, 1.807) is 11.0 Å². The Morgan fingerprint density at radius 2 is 2.05 bits per heavy atom. The fourth-order valence-electron chi connectivity index (χ4n) is 2.50. The Balaban J connectivity index is 2.37. The van der Waals surface area contributed by atoms with Crippen molar-refractivity contribution in [1.82, 2.24) is 20.0 Å². The number of carbonyl (C=O) groups excluding carboxylic acids is 1. The van der Waals surface area contributed by atoms with E-state index in [0.717, 1.165) is 31.6 Å². The number of hydrogen-bond acceptors (Lipinski definition) is 4. The van der Waals surface area contributed by atoms with E-state index in [4.69, 9.17) is 0 Å². The molecule has 1 N–H and O–H groups in total. The van der Waals surface area contributed by atoms with Gasteiger partial charge in [0.1, 0.15) is 5.56 Å². The second-order valence-electron chi connectivity index (χ2n) is 6.06. The molecule has 0 atom stereocenters. The zero-order valence-electron chi connectivity index (χ0n) is 13.8. The molecule has 0 aliphatic carbocycles. The van der Waals surface area contributed by atoms with Crippen molar-refractivity contribution < 1.29 is 4.79 Å².